The number of carbonyl (C=O) groups excluding carboxylic acids is 1. The van der Waals surface area contributed by atoms with Crippen LogP contribution in [0.3, 0.4) is 0 Å². The molecule has 4 nitrogen and oxygen atoms in total. The van der Waals surface area contributed by atoms with Crippen LogP contribution in [0, 0.1) is 5.82 Å². The summed E-state index contributed by atoms with van der Waals surface area (Å²) in [5.74, 6) is -0.170. The molecule has 0 radical (unpaired) electrons. The molecule has 5 heteroatoms. The molecule has 2 heterocycles. The fraction of sp³-hybridized carbons (Fsp3) is 0.538. The second-order valence-electron chi connectivity index (χ2n) is 4.82. The van der Waals surface area contributed by atoms with Crippen LogP contribution in [0.5, 0.6) is 5.88 Å². The molecule has 0 spiro atoms. The lowest BCUT2D eigenvalue weighted by Crippen LogP contribution is -2.46. The summed E-state index contributed by atoms with van der Waals surface area (Å²) < 4.78 is 18.5. The lowest BCUT2D eigenvalue weighted by molar-refractivity contribution is -0.122. The minimum absolute atomic E-state index is 0.00212. The van der Waals surface area contributed by atoms with Crippen molar-refractivity contribution in [3.05, 3.63) is 18.1 Å². The highest BCUT2D eigenvalue weighted by Gasteiger charge is 2.33. The van der Waals surface area contributed by atoms with Gasteiger partial charge < -0.3 is 9.64 Å². The number of halogens is 1. The average molecular weight is 250 g/mol. The normalized spacial score (nSPS) is 20.5. The van der Waals surface area contributed by atoms with Crippen molar-refractivity contribution in [2.24, 2.45) is 0 Å². The van der Waals surface area contributed by atoms with E-state index in [0.717, 1.165) is 31.9 Å². The molecule has 0 aromatic carbocycles. The van der Waals surface area contributed by atoms with Crippen molar-refractivity contribution in [2.45, 2.75) is 38.1 Å². The molecule has 2 aliphatic rings. The molecular weight excluding hydrogens is 235 g/mol. The number of ether oxygens (including phenoxy) is 1. The zero-order chi connectivity index (χ0) is 12.5. The second kappa shape index (κ2) is 4.55. The van der Waals surface area contributed by atoms with Gasteiger partial charge in [0.1, 0.15) is 11.5 Å². The number of pyridine rings is 1. The highest BCUT2D eigenvalue weighted by Crippen LogP contribution is 2.35. The molecular formula is C13H15FN2O2. The molecule has 18 heavy (non-hydrogen) atoms. The van der Waals surface area contributed by atoms with Gasteiger partial charge in [-0.2, -0.15) is 0 Å². The molecule has 0 N–H and O–H groups in total. The van der Waals surface area contributed by atoms with Gasteiger partial charge in [0.05, 0.1) is 6.20 Å². The number of rotatable bonds is 1. The van der Waals surface area contributed by atoms with Crippen LogP contribution >= 0.6 is 0 Å². The predicted octanol–water partition coefficient (Wildman–Crippen LogP) is 2.28. The molecule has 3 rings (SSSR count). The molecule has 1 saturated carbocycles. The van der Waals surface area contributed by atoms with E-state index in [1.54, 1.807) is 4.90 Å². The van der Waals surface area contributed by atoms with Gasteiger partial charge in [-0.1, -0.05) is 19.3 Å². The topological polar surface area (TPSA) is 42.4 Å². The molecule has 96 valence electrons. The first-order valence-corrected chi connectivity index (χ1v) is 6.36. The highest BCUT2D eigenvalue weighted by atomic mass is 19.1. The fourth-order valence-corrected chi connectivity index (χ4v) is 2.77. The number of hydrogen-bond acceptors (Lipinski definition) is 3. The van der Waals surface area contributed by atoms with Crippen LogP contribution in [0.1, 0.15) is 32.1 Å². The van der Waals surface area contributed by atoms with E-state index < -0.39 is 5.82 Å². The summed E-state index contributed by atoms with van der Waals surface area (Å²) >= 11 is 0. The quantitative estimate of drug-likeness (QED) is 0.768. The number of hydrogen-bond donors (Lipinski definition) is 0. The van der Waals surface area contributed by atoms with Gasteiger partial charge in [0.2, 0.25) is 5.88 Å². The molecule has 0 unspecified atom stereocenters. The number of amides is 1. The molecule has 1 aromatic rings. The fourth-order valence-electron chi connectivity index (χ4n) is 2.77. The van der Waals surface area contributed by atoms with Gasteiger partial charge in [0.25, 0.3) is 5.91 Å². The Labute approximate surface area is 105 Å². The van der Waals surface area contributed by atoms with Crippen LogP contribution in [-0.4, -0.2) is 23.5 Å². The summed E-state index contributed by atoms with van der Waals surface area (Å²) in [4.78, 5) is 17.6. The average Bonchev–Trinajstić information content (AvgIpc) is 2.39. The molecule has 1 amide bonds. The van der Waals surface area contributed by atoms with Gasteiger partial charge in [-0.3, -0.25) is 4.79 Å². The van der Waals surface area contributed by atoms with Gasteiger partial charge in [-0.05, 0) is 12.8 Å². The van der Waals surface area contributed by atoms with E-state index in [1.165, 1.54) is 12.5 Å². The van der Waals surface area contributed by atoms with E-state index in [4.69, 9.17) is 4.74 Å². The van der Waals surface area contributed by atoms with E-state index in [0.29, 0.717) is 11.6 Å². The third kappa shape index (κ3) is 1.94. The molecule has 0 bridgehead atoms. The molecule has 0 atom stereocenters. The van der Waals surface area contributed by atoms with Crippen LogP contribution in [0.25, 0.3) is 0 Å². The Kier molecular flexibility index (Phi) is 2.89. The first-order chi connectivity index (χ1) is 8.75. The summed E-state index contributed by atoms with van der Waals surface area (Å²) in [6.45, 7) is 0.00212. The van der Waals surface area contributed by atoms with Crippen molar-refractivity contribution in [1.29, 1.82) is 0 Å². The predicted molar refractivity (Wildman–Crippen MR) is 64.0 cm³/mol. The maximum atomic E-state index is 13.3. The van der Waals surface area contributed by atoms with Gasteiger partial charge in [-0.25, -0.2) is 9.37 Å². The Morgan fingerprint density at radius 2 is 2.11 bits per heavy atom. The van der Waals surface area contributed by atoms with Crippen molar-refractivity contribution in [1.82, 2.24) is 4.98 Å². The first kappa shape index (κ1) is 11.4. The van der Waals surface area contributed by atoms with E-state index in [2.05, 4.69) is 4.98 Å². The van der Waals surface area contributed by atoms with Gasteiger partial charge in [-0.15, -0.1) is 0 Å². The zero-order valence-electron chi connectivity index (χ0n) is 10.1. The summed E-state index contributed by atoms with van der Waals surface area (Å²) in [5, 5.41) is 0. The van der Waals surface area contributed by atoms with Gasteiger partial charge in [0, 0.05) is 12.1 Å². The number of aromatic nitrogens is 1. The van der Waals surface area contributed by atoms with Gasteiger partial charge >= 0.3 is 0 Å². The standard InChI is InChI=1S/C13H15FN2O2/c14-9-6-11-13(15-7-9)18-8-12(17)16(11)10-4-2-1-3-5-10/h6-7,10H,1-5,8H2. The Balaban J connectivity index is 1.97. The van der Waals surface area contributed by atoms with Crippen LogP contribution < -0.4 is 9.64 Å². The largest absolute Gasteiger partial charge is 0.466 e. The number of fused-ring (bicyclic) bond motifs is 1. The number of carbonyl (C=O) groups is 1. The monoisotopic (exact) mass is 250 g/mol. The summed E-state index contributed by atoms with van der Waals surface area (Å²) in [5.41, 5.74) is 0.484. The molecule has 1 fully saturated rings. The third-order valence-corrected chi connectivity index (χ3v) is 3.60. The van der Waals surface area contributed by atoms with E-state index >= 15 is 0 Å². The van der Waals surface area contributed by atoms with E-state index in [9.17, 15) is 9.18 Å². The van der Waals surface area contributed by atoms with Crippen molar-refractivity contribution >= 4 is 11.6 Å². The summed E-state index contributed by atoms with van der Waals surface area (Å²) in [7, 11) is 0. The van der Waals surface area contributed by atoms with E-state index in [-0.39, 0.29) is 18.6 Å². The number of nitrogens with zero attached hydrogens (tertiary/aromatic N) is 2. The van der Waals surface area contributed by atoms with Crippen molar-refractivity contribution in [2.75, 3.05) is 11.5 Å². The third-order valence-electron chi connectivity index (χ3n) is 3.60. The summed E-state index contributed by atoms with van der Waals surface area (Å²) in [6.07, 6.45) is 6.51. The second-order valence-corrected chi connectivity index (χ2v) is 4.82. The van der Waals surface area contributed by atoms with Crippen molar-refractivity contribution in [3.8, 4) is 5.88 Å². The highest BCUT2D eigenvalue weighted by molar-refractivity contribution is 5.97. The lowest BCUT2D eigenvalue weighted by atomic mass is 9.93. The van der Waals surface area contributed by atoms with E-state index in [1.807, 2.05) is 0 Å². The van der Waals surface area contributed by atoms with Crippen LogP contribution in [0.4, 0.5) is 10.1 Å². The zero-order valence-corrected chi connectivity index (χ0v) is 10.1. The van der Waals surface area contributed by atoms with Crippen LogP contribution in [-0.2, 0) is 4.79 Å². The van der Waals surface area contributed by atoms with Crippen LogP contribution in [0.2, 0.25) is 0 Å². The molecule has 1 aliphatic carbocycles. The first-order valence-electron chi connectivity index (χ1n) is 6.36. The minimum Gasteiger partial charge on any atom is -0.466 e. The SMILES string of the molecule is O=C1COc2ncc(F)cc2N1C1CCCCC1. The minimum atomic E-state index is -0.437. The Bertz CT molecular complexity index is 472. The maximum absolute atomic E-state index is 13.3. The van der Waals surface area contributed by atoms with Crippen molar-refractivity contribution in [3.63, 3.8) is 0 Å². The Morgan fingerprint density at radius 1 is 1.33 bits per heavy atom. The maximum Gasteiger partial charge on any atom is 0.265 e. The lowest BCUT2D eigenvalue weighted by Gasteiger charge is -2.37. The van der Waals surface area contributed by atoms with Gasteiger partial charge in [0.15, 0.2) is 6.61 Å². The smallest absolute Gasteiger partial charge is 0.265 e. The Hall–Kier alpha value is -1.65. The molecule has 1 aromatic heterocycles. The molecule has 1 aliphatic heterocycles. The number of anilines is 1. The summed E-state index contributed by atoms with van der Waals surface area (Å²) in [6, 6.07) is 1.51. The Morgan fingerprint density at radius 3 is 2.89 bits per heavy atom. The van der Waals surface area contributed by atoms with Crippen molar-refractivity contribution < 1.29 is 13.9 Å². The van der Waals surface area contributed by atoms with Crippen LogP contribution in [0.15, 0.2) is 12.3 Å². The molecule has 0 saturated heterocycles.